The molecule has 2 nitrogen and oxygen atoms in total. The van der Waals surface area contributed by atoms with E-state index in [9.17, 15) is 0 Å². The van der Waals surface area contributed by atoms with Crippen molar-refractivity contribution in [3.8, 4) is 0 Å². The monoisotopic (exact) mass is 506 g/mol. The summed E-state index contributed by atoms with van der Waals surface area (Å²) in [5, 5.41) is 10.5. The predicted octanol–water partition coefficient (Wildman–Crippen LogP) is 8.30. The van der Waals surface area contributed by atoms with Crippen LogP contribution in [-0.2, 0) is 0 Å². The van der Waals surface area contributed by atoms with Crippen LogP contribution in [0.5, 0.6) is 0 Å². The van der Waals surface area contributed by atoms with Crippen LogP contribution >= 0.6 is 22.9 Å². The zero-order valence-corrected chi connectivity index (χ0v) is 18.6. The Morgan fingerprint density at radius 1 is 0.452 bits per heavy atom. The molecule has 0 amide bonds. The minimum Gasteiger partial charge on any atom is -0.307 e. The van der Waals surface area contributed by atoms with Crippen LogP contribution in [0.4, 0.5) is 0 Å². The fraction of sp³-hybridized carbons (Fsp3) is 0. The maximum atomic E-state index is 2.53. The Labute approximate surface area is 191 Å². The van der Waals surface area contributed by atoms with Crippen LogP contribution in [0.3, 0.4) is 0 Å². The number of rotatable bonds is 0. The lowest BCUT2D eigenvalue weighted by atomic mass is 10.0. The molecule has 0 saturated carbocycles. The number of nitrogens with zero attached hydrogens (tertiary/aromatic N) is 2. The Hall–Kier alpha value is -3.31. The van der Waals surface area contributed by atoms with Gasteiger partial charge in [0.05, 0.1) is 50.4 Å². The first-order valence-electron chi connectivity index (χ1n) is 10.5. The van der Waals surface area contributed by atoms with Crippen molar-refractivity contribution in [2.45, 2.75) is 0 Å². The second kappa shape index (κ2) is 5.48. The molecule has 8 aromatic rings. The average Bonchev–Trinajstić information content (AvgIpc) is 3.26. The Kier molecular flexibility index (Phi) is 2.90. The van der Waals surface area contributed by atoms with Gasteiger partial charge in [-0.1, -0.05) is 72.8 Å². The maximum Gasteiger partial charge on any atom is 0.0646 e. The number of benzene rings is 5. The van der Waals surface area contributed by atoms with Gasteiger partial charge in [0.25, 0.3) is 0 Å². The molecular weight excluding hydrogens is 491 g/mol. The highest BCUT2D eigenvalue weighted by Gasteiger charge is 2.22. The first-order chi connectivity index (χ1) is 15.3. The van der Waals surface area contributed by atoms with Crippen molar-refractivity contribution in [3.05, 3.63) is 91.0 Å². The van der Waals surface area contributed by atoms with Crippen molar-refractivity contribution >= 4 is 93.5 Å². The Balaban J connectivity index is 1.94. The van der Waals surface area contributed by atoms with Crippen LogP contribution < -0.4 is 0 Å². The molecule has 0 spiro atoms. The van der Waals surface area contributed by atoms with Crippen molar-refractivity contribution in [2.24, 2.45) is 0 Å². The summed E-state index contributed by atoms with van der Waals surface area (Å²) in [5.41, 5.74) is 6.43. The van der Waals surface area contributed by atoms with Gasteiger partial charge in [0, 0.05) is 32.3 Å². The van der Waals surface area contributed by atoms with E-state index < -0.39 is 0 Å². The van der Waals surface area contributed by atoms with Gasteiger partial charge in [-0.2, -0.15) is 0 Å². The summed E-state index contributed by atoms with van der Waals surface area (Å²) in [5.74, 6) is 0. The molecule has 0 radical (unpaired) electrons. The molecular formula is C28H15IN2. The SMILES string of the molecule is In1c2cccc3c4ccc5ccccc5c4n4c5ccccc5c5ccc1c(c32)c54. The lowest BCUT2D eigenvalue weighted by molar-refractivity contribution is 1.37. The van der Waals surface area contributed by atoms with Gasteiger partial charge in [0.1, 0.15) is 0 Å². The molecule has 144 valence electrons. The molecule has 3 heterocycles. The Morgan fingerprint density at radius 2 is 1.13 bits per heavy atom. The molecule has 0 unspecified atom stereocenters. The summed E-state index contributed by atoms with van der Waals surface area (Å²) in [7, 11) is 0. The van der Waals surface area contributed by atoms with Crippen LogP contribution in [0.15, 0.2) is 91.0 Å². The molecule has 0 bridgehead atoms. The molecule has 8 rings (SSSR count). The van der Waals surface area contributed by atoms with Crippen LogP contribution in [0.25, 0.3) is 70.7 Å². The molecule has 3 aromatic heterocycles. The van der Waals surface area contributed by atoms with Crippen LogP contribution in [0.2, 0.25) is 0 Å². The third-order valence-corrected chi connectivity index (χ3v) is 7.98. The fourth-order valence-corrected chi connectivity index (χ4v) is 6.53. The van der Waals surface area contributed by atoms with Gasteiger partial charge in [-0.05, 0) is 29.0 Å². The van der Waals surface area contributed by atoms with Crippen molar-refractivity contribution < 1.29 is 0 Å². The van der Waals surface area contributed by atoms with Gasteiger partial charge in [-0.25, -0.2) is 0 Å². The first-order valence-corrected chi connectivity index (χ1v) is 11.5. The second-order valence-electron chi connectivity index (χ2n) is 8.37. The van der Waals surface area contributed by atoms with Crippen LogP contribution in [0.1, 0.15) is 0 Å². The van der Waals surface area contributed by atoms with E-state index in [1.165, 1.54) is 70.7 Å². The second-order valence-corrected chi connectivity index (χ2v) is 9.34. The van der Waals surface area contributed by atoms with Gasteiger partial charge in [0.15, 0.2) is 0 Å². The third kappa shape index (κ3) is 1.81. The highest BCUT2D eigenvalue weighted by Crippen LogP contribution is 2.45. The highest BCUT2D eigenvalue weighted by atomic mass is 127. The fourth-order valence-electron chi connectivity index (χ4n) is 5.72. The highest BCUT2D eigenvalue weighted by molar-refractivity contribution is 14.1. The van der Waals surface area contributed by atoms with Crippen molar-refractivity contribution in [1.82, 2.24) is 7.18 Å². The third-order valence-electron chi connectivity index (χ3n) is 6.94. The zero-order chi connectivity index (χ0) is 20.3. The number of para-hydroxylation sites is 1. The number of hydrogen-bond acceptors (Lipinski definition) is 0. The maximum absolute atomic E-state index is 2.53. The molecule has 0 atom stereocenters. The van der Waals surface area contributed by atoms with E-state index in [1.807, 2.05) is 0 Å². The van der Waals surface area contributed by atoms with E-state index in [4.69, 9.17) is 0 Å². The Morgan fingerprint density at radius 3 is 2.06 bits per heavy atom. The van der Waals surface area contributed by atoms with Crippen molar-refractivity contribution in [2.75, 3.05) is 0 Å². The Bertz CT molecular complexity index is 2010. The molecule has 0 saturated heterocycles. The predicted molar refractivity (Wildman–Crippen MR) is 141 cm³/mol. The van der Waals surface area contributed by atoms with Gasteiger partial charge >= 0.3 is 0 Å². The molecule has 3 heteroatoms. The topological polar surface area (TPSA) is 9.34 Å². The van der Waals surface area contributed by atoms with E-state index >= 15 is 0 Å². The molecule has 0 aliphatic heterocycles. The summed E-state index contributed by atoms with van der Waals surface area (Å²) in [6.45, 7) is 0. The van der Waals surface area contributed by atoms with E-state index in [-0.39, 0.29) is 0 Å². The lowest BCUT2D eigenvalue weighted by Gasteiger charge is -2.07. The molecule has 0 N–H and O–H groups in total. The van der Waals surface area contributed by atoms with E-state index in [0.29, 0.717) is 0 Å². The molecule has 0 aliphatic rings. The normalized spacial score (nSPS) is 12.7. The number of fused-ring (bicyclic) bond motifs is 8. The number of aromatic nitrogens is 2. The van der Waals surface area contributed by atoms with E-state index in [0.717, 1.165) is 0 Å². The minimum absolute atomic E-state index is 1.27. The van der Waals surface area contributed by atoms with Gasteiger partial charge in [0.2, 0.25) is 0 Å². The summed E-state index contributed by atoms with van der Waals surface area (Å²) in [4.78, 5) is 0. The lowest BCUT2D eigenvalue weighted by Crippen LogP contribution is -1.88. The number of hydrogen-bond donors (Lipinski definition) is 0. The molecule has 0 fully saturated rings. The summed E-state index contributed by atoms with van der Waals surface area (Å²) < 4.78 is 4.85. The summed E-state index contributed by atoms with van der Waals surface area (Å²) in [6.07, 6.45) is 0. The zero-order valence-electron chi connectivity index (χ0n) is 16.4. The standard InChI is InChI=1S/C28H15IN2/c29-31-23-11-5-9-19-21-13-12-16-6-1-2-7-17(16)27(21)30-22-10-4-3-8-18(22)20-14-15-24(31)26(25(19)23)28(20)30/h1-15H. The van der Waals surface area contributed by atoms with Crippen molar-refractivity contribution in [3.63, 3.8) is 0 Å². The molecule has 0 aliphatic carbocycles. The van der Waals surface area contributed by atoms with Crippen LogP contribution in [-0.4, -0.2) is 7.18 Å². The number of halogens is 1. The quantitative estimate of drug-likeness (QED) is 0.183. The minimum atomic E-state index is 1.27. The van der Waals surface area contributed by atoms with Crippen molar-refractivity contribution in [1.29, 1.82) is 0 Å². The first kappa shape index (κ1) is 16.4. The summed E-state index contributed by atoms with van der Waals surface area (Å²) >= 11 is 2.46. The molecule has 5 aromatic carbocycles. The van der Waals surface area contributed by atoms with Crippen LogP contribution in [0, 0.1) is 0 Å². The average molecular weight is 506 g/mol. The summed E-state index contributed by atoms with van der Waals surface area (Å²) in [6, 6.07) is 33.5. The van der Waals surface area contributed by atoms with Gasteiger partial charge in [-0.3, -0.25) is 2.78 Å². The van der Waals surface area contributed by atoms with Gasteiger partial charge in [-0.15, -0.1) is 0 Å². The van der Waals surface area contributed by atoms with E-state index in [2.05, 4.69) is 121 Å². The van der Waals surface area contributed by atoms with Gasteiger partial charge < -0.3 is 4.40 Å². The largest absolute Gasteiger partial charge is 0.307 e. The molecule has 31 heavy (non-hydrogen) atoms. The van der Waals surface area contributed by atoms with E-state index in [1.54, 1.807) is 0 Å². The smallest absolute Gasteiger partial charge is 0.0646 e.